The van der Waals surface area contributed by atoms with Gasteiger partial charge in [-0.2, -0.15) is 4.31 Å². The zero-order valence-electron chi connectivity index (χ0n) is 13.4. The lowest BCUT2D eigenvalue weighted by Crippen LogP contribution is -2.49. The minimum absolute atomic E-state index is 0.123. The number of hydrogen-bond acceptors (Lipinski definition) is 6. The average Bonchev–Trinajstić information content (AvgIpc) is 3.12. The highest BCUT2D eigenvalue weighted by Gasteiger charge is 2.31. The van der Waals surface area contributed by atoms with E-state index in [2.05, 4.69) is 19.9 Å². The van der Waals surface area contributed by atoms with Crippen LogP contribution in [-0.2, 0) is 10.0 Å². The van der Waals surface area contributed by atoms with E-state index in [1.54, 1.807) is 0 Å². The van der Waals surface area contributed by atoms with Crippen LogP contribution in [0.15, 0.2) is 35.7 Å². The van der Waals surface area contributed by atoms with E-state index >= 15 is 0 Å². The SMILES string of the molecule is O=S(=O)(c1cc(F)ccc1F)N1CCN(c2ncnc3nc[nH]c23)CC1. The lowest BCUT2D eigenvalue weighted by atomic mass is 10.3. The van der Waals surface area contributed by atoms with Crippen molar-refractivity contribution >= 4 is 27.0 Å². The molecule has 0 aliphatic carbocycles. The second-order valence-electron chi connectivity index (χ2n) is 5.76. The summed E-state index contributed by atoms with van der Waals surface area (Å²) in [5.74, 6) is -1.14. The summed E-state index contributed by atoms with van der Waals surface area (Å²) in [6.45, 7) is 0.943. The number of aromatic nitrogens is 4. The Morgan fingerprint density at radius 1 is 1.04 bits per heavy atom. The molecule has 1 N–H and O–H groups in total. The molecule has 3 aromatic rings. The van der Waals surface area contributed by atoms with Crippen molar-refractivity contribution in [1.82, 2.24) is 24.2 Å². The molecule has 11 heteroatoms. The fourth-order valence-electron chi connectivity index (χ4n) is 2.95. The van der Waals surface area contributed by atoms with Gasteiger partial charge in [0.2, 0.25) is 10.0 Å². The van der Waals surface area contributed by atoms with Gasteiger partial charge in [0.15, 0.2) is 11.5 Å². The molecule has 8 nitrogen and oxygen atoms in total. The highest BCUT2D eigenvalue weighted by Crippen LogP contribution is 2.25. The maximum atomic E-state index is 13.9. The molecule has 0 atom stereocenters. The molecule has 1 aliphatic rings. The molecule has 26 heavy (non-hydrogen) atoms. The Hall–Kier alpha value is -2.66. The van der Waals surface area contributed by atoms with Crippen LogP contribution >= 0.6 is 0 Å². The number of piperazine rings is 1. The highest BCUT2D eigenvalue weighted by molar-refractivity contribution is 7.89. The molecular formula is C15H14F2N6O2S. The number of nitrogens with one attached hydrogen (secondary N) is 1. The lowest BCUT2D eigenvalue weighted by molar-refractivity contribution is 0.381. The van der Waals surface area contributed by atoms with E-state index in [1.165, 1.54) is 12.7 Å². The Balaban J connectivity index is 1.56. The van der Waals surface area contributed by atoms with Crippen LogP contribution in [-0.4, -0.2) is 58.8 Å². The van der Waals surface area contributed by atoms with Gasteiger partial charge >= 0.3 is 0 Å². The Labute approximate surface area is 147 Å². The van der Waals surface area contributed by atoms with Gasteiger partial charge in [0.25, 0.3) is 0 Å². The first kappa shape index (κ1) is 16.8. The molecule has 1 saturated heterocycles. The van der Waals surface area contributed by atoms with Gasteiger partial charge in [0.1, 0.15) is 28.4 Å². The largest absolute Gasteiger partial charge is 0.352 e. The molecule has 0 amide bonds. The smallest absolute Gasteiger partial charge is 0.246 e. The summed E-state index contributed by atoms with van der Waals surface area (Å²) >= 11 is 0. The van der Waals surface area contributed by atoms with Crippen molar-refractivity contribution < 1.29 is 17.2 Å². The van der Waals surface area contributed by atoms with Crippen LogP contribution in [0.4, 0.5) is 14.6 Å². The number of nitrogens with zero attached hydrogens (tertiary/aromatic N) is 5. The topological polar surface area (TPSA) is 95.1 Å². The summed E-state index contributed by atoms with van der Waals surface area (Å²) in [5, 5.41) is 0. The molecule has 1 aromatic carbocycles. The molecular weight excluding hydrogens is 366 g/mol. The van der Waals surface area contributed by atoms with Gasteiger partial charge in [-0.3, -0.25) is 0 Å². The van der Waals surface area contributed by atoms with E-state index in [1.807, 2.05) is 4.90 Å². The number of benzene rings is 1. The van der Waals surface area contributed by atoms with Gasteiger partial charge in [-0.15, -0.1) is 0 Å². The van der Waals surface area contributed by atoms with Gasteiger partial charge in [0, 0.05) is 26.2 Å². The fraction of sp³-hybridized carbons (Fsp3) is 0.267. The number of aromatic amines is 1. The maximum Gasteiger partial charge on any atom is 0.246 e. The van der Waals surface area contributed by atoms with Gasteiger partial charge in [0.05, 0.1) is 6.33 Å². The number of H-pyrrole nitrogens is 1. The number of fused-ring (bicyclic) bond motifs is 1. The molecule has 0 bridgehead atoms. The van der Waals surface area contributed by atoms with Gasteiger partial charge < -0.3 is 9.88 Å². The van der Waals surface area contributed by atoms with E-state index in [-0.39, 0.29) is 13.1 Å². The predicted molar refractivity (Wildman–Crippen MR) is 89.0 cm³/mol. The van der Waals surface area contributed by atoms with Crippen molar-refractivity contribution in [3.63, 3.8) is 0 Å². The predicted octanol–water partition coefficient (Wildman–Crippen LogP) is 1.14. The second-order valence-corrected chi connectivity index (χ2v) is 7.67. The van der Waals surface area contributed by atoms with Crippen LogP contribution in [0.3, 0.4) is 0 Å². The number of imidazole rings is 1. The first-order valence-electron chi connectivity index (χ1n) is 7.81. The highest BCUT2D eigenvalue weighted by atomic mass is 32.2. The molecule has 4 rings (SSSR count). The lowest BCUT2D eigenvalue weighted by Gasteiger charge is -2.34. The summed E-state index contributed by atoms with van der Waals surface area (Å²) in [7, 11) is -4.11. The van der Waals surface area contributed by atoms with Crippen LogP contribution in [0.1, 0.15) is 0 Å². The minimum Gasteiger partial charge on any atom is -0.352 e. The summed E-state index contributed by atoms with van der Waals surface area (Å²) in [4.78, 5) is 16.6. The van der Waals surface area contributed by atoms with Crippen molar-refractivity contribution in [3.8, 4) is 0 Å². The molecule has 2 aromatic heterocycles. The van der Waals surface area contributed by atoms with Gasteiger partial charge in [-0.05, 0) is 18.2 Å². The standard InChI is InChI=1S/C15H14F2N6O2S/c16-10-1-2-11(17)12(7-10)26(24,25)23-5-3-22(4-6-23)15-13-14(19-8-18-13)20-9-21-15/h1-2,7-9H,3-6H2,(H,18,19,20,21). The minimum atomic E-state index is -4.11. The van der Waals surface area contributed by atoms with E-state index in [0.717, 1.165) is 16.4 Å². The number of sulfonamides is 1. The number of rotatable bonds is 3. The van der Waals surface area contributed by atoms with Crippen LogP contribution in [0.5, 0.6) is 0 Å². The third-order valence-corrected chi connectivity index (χ3v) is 6.17. The Morgan fingerprint density at radius 3 is 2.58 bits per heavy atom. The molecule has 3 heterocycles. The first-order valence-corrected chi connectivity index (χ1v) is 9.25. The molecule has 0 spiro atoms. The van der Waals surface area contributed by atoms with Crippen LogP contribution in [0.25, 0.3) is 11.2 Å². The molecule has 136 valence electrons. The normalized spacial score (nSPS) is 16.3. The Morgan fingerprint density at radius 2 is 1.81 bits per heavy atom. The summed E-state index contributed by atoms with van der Waals surface area (Å²) < 4.78 is 53.7. The van der Waals surface area contributed by atoms with E-state index in [0.29, 0.717) is 36.1 Å². The van der Waals surface area contributed by atoms with Gasteiger partial charge in [-0.25, -0.2) is 32.2 Å². The number of halogens is 2. The maximum absolute atomic E-state index is 13.9. The summed E-state index contributed by atoms with van der Waals surface area (Å²) in [6, 6.07) is 2.40. The van der Waals surface area contributed by atoms with Crippen molar-refractivity contribution in [2.45, 2.75) is 4.90 Å². The third-order valence-electron chi connectivity index (χ3n) is 4.25. The van der Waals surface area contributed by atoms with Crippen molar-refractivity contribution in [3.05, 3.63) is 42.5 Å². The van der Waals surface area contributed by atoms with E-state index in [4.69, 9.17) is 0 Å². The fourth-order valence-corrected chi connectivity index (χ4v) is 4.44. The molecule has 0 saturated carbocycles. The second kappa shape index (κ2) is 6.25. The monoisotopic (exact) mass is 380 g/mol. The van der Waals surface area contributed by atoms with Crippen molar-refractivity contribution in [1.29, 1.82) is 0 Å². The zero-order chi connectivity index (χ0) is 18.3. The van der Waals surface area contributed by atoms with Crippen LogP contribution in [0.2, 0.25) is 0 Å². The average molecular weight is 380 g/mol. The summed E-state index contributed by atoms with van der Waals surface area (Å²) in [5.41, 5.74) is 1.19. The van der Waals surface area contributed by atoms with Crippen LogP contribution in [0, 0.1) is 11.6 Å². The Bertz CT molecular complexity index is 1060. The first-order chi connectivity index (χ1) is 12.5. The quantitative estimate of drug-likeness (QED) is 0.732. The number of anilines is 1. The van der Waals surface area contributed by atoms with Gasteiger partial charge in [-0.1, -0.05) is 0 Å². The Kier molecular flexibility index (Phi) is 4.04. The summed E-state index contributed by atoms with van der Waals surface area (Å²) in [6.07, 6.45) is 2.90. The molecule has 1 fully saturated rings. The van der Waals surface area contributed by atoms with Crippen LogP contribution < -0.4 is 4.90 Å². The zero-order valence-corrected chi connectivity index (χ0v) is 14.2. The van der Waals surface area contributed by atoms with Crippen molar-refractivity contribution in [2.24, 2.45) is 0 Å². The van der Waals surface area contributed by atoms with Crippen molar-refractivity contribution in [2.75, 3.05) is 31.1 Å². The van der Waals surface area contributed by atoms with E-state index < -0.39 is 26.6 Å². The van der Waals surface area contributed by atoms with E-state index in [9.17, 15) is 17.2 Å². The molecule has 0 unspecified atom stereocenters. The molecule has 1 aliphatic heterocycles. The number of hydrogen-bond donors (Lipinski definition) is 1. The third kappa shape index (κ3) is 2.78. The molecule has 0 radical (unpaired) electrons.